The molecule has 0 aliphatic rings. The van der Waals surface area contributed by atoms with Crippen molar-refractivity contribution in [1.82, 2.24) is 9.97 Å². The van der Waals surface area contributed by atoms with Gasteiger partial charge < -0.3 is 9.84 Å². The molecule has 0 saturated heterocycles. The van der Waals surface area contributed by atoms with Crippen LogP contribution in [-0.2, 0) is 14.3 Å². The van der Waals surface area contributed by atoms with Gasteiger partial charge >= 0.3 is 5.97 Å². The van der Waals surface area contributed by atoms with E-state index in [2.05, 4.69) is 14.7 Å². The standard InChI is InChI=1S/C12H14N2O4/c1-4-18-12(17)10(16)5-9(15)11-8(3)14-7(2)6-13-11/h5-6,15H,4H2,1-3H3/b9-5+. The van der Waals surface area contributed by atoms with Crippen LogP contribution in [-0.4, -0.2) is 33.4 Å². The van der Waals surface area contributed by atoms with Crippen LogP contribution in [0.1, 0.15) is 24.0 Å². The Balaban J connectivity index is 2.96. The molecule has 0 bridgehead atoms. The van der Waals surface area contributed by atoms with Crippen molar-refractivity contribution in [2.45, 2.75) is 20.8 Å². The summed E-state index contributed by atoms with van der Waals surface area (Å²) in [5.41, 5.74) is 1.33. The first-order valence-electron chi connectivity index (χ1n) is 5.38. The van der Waals surface area contributed by atoms with Gasteiger partial charge in [-0.15, -0.1) is 0 Å². The van der Waals surface area contributed by atoms with Crippen molar-refractivity contribution in [2.75, 3.05) is 6.61 Å². The molecule has 1 aromatic rings. The minimum absolute atomic E-state index is 0.0997. The van der Waals surface area contributed by atoms with Crippen molar-refractivity contribution in [3.8, 4) is 0 Å². The maximum Gasteiger partial charge on any atom is 0.379 e. The van der Waals surface area contributed by atoms with Crippen LogP contribution < -0.4 is 0 Å². The highest BCUT2D eigenvalue weighted by Gasteiger charge is 2.15. The molecule has 1 rings (SSSR count). The molecule has 0 fully saturated rings. The largest absolute Gasteiger partial charge is 0.505 e. The first-order chi connectivity index (χ1) is 8.45. The first-order valence-corrected chi connectivity index (χ1v) is 5.38. The van der Waals surface area contributed by atoms with E-state index >= 15 is 0 Å². The smallest absolute Gasteiger partial charge is 0.379 e. The van der Waals surface area contributed by atoms with Crippen LogP contribution in [0.5, 0.6) is 0 Å². The molecule has 96 valence electrons. The molecule has 0 unspecified atom stereocenters. The highest BCUT2D eigenvalue weighted by Crippen LogP contribution is 2.12. The number of carbonyl (C=O) groups is 2. The predicted molar refractivity (Wildman–Crippen MR) is 63.8 cm³/mol. The van der Waals surface area contributed by atoms with E-state index < -0.39 is 17.5 Å². The Morgan fingerprint density at radius 3 is 2.67 bits per heavy atom. The lowest BCUT2D eigenvalue weighted by atomic mass is 10.2. The van der Waals surface area contributed by atoms with Crippen molar-refractivity contribution in [3.63, 3.8) is 0 Å². The summed E-state index contributed by atoms with van der Waals surface area (Å²) >= 11 is 0. The summed E-state index contributed by atoms with van der Waals surface area (Å²) in [6, 6.07) is 0. The zero-order chi connectivity index (χ0) is 13.7. The number of aliphatic hydroxyl groups excluding tert-OH is 1. The van der Waals surface area contributed by atoms with Crippen LogP contribution in [0.3, 0.4) is 0 Å². The predicted octanol–water partition coefficient (Wildman–Crippen LogP) is 1.12. The van der Waals surface area contributed by atoms with Crippen molar-refractivity contribution < 1.29 is 19.4 Å². The second-order valence-electron chi connectivity index (χ2n) is 3.56. The van der Waals surface area contributed by atoms with Crippen molar-refractivity contribution in [1.29, 1.82) is 0 Å². The minimum Gasteiger partial charge on any atom is -0.505 e. The number of rotatable bonds is 4. The van der Waals surface area contributed by atoms with Gasteiger partial charge in [-0.3, -0.25) is 9.78 Å². The second-order valence-corrected chi connectivity index (χ2v) is 3.56. The zero-order valence-electron chi connectivity index (χ0n) is 10.4. The Morgan fingerprint density at radius 2 is 2.11 bits per heavy atom. The highest BCUT2D eigenvalue weighted by atomic mass is 16.5. The van der Waals surface area contributed by atoms with Crippen LogP contribution in [0.4, 0.5) is 0 Å². The van der Waals surface area contributed by atoms with Gasteiger partial charge in [0.25, 0.3) is 5.78 Å². The molecule has 0 aliphatic heterocycles. The van der Waals surface area contributed by atoms with Crippen molar-refractivity contribution >= 4 is 17.5 Å². The summed E-state index contributed by atoms with van der Waals surface area (Å²) in [7, 11) is 0. The topological polar surface area (TPSA) is 89.4 Å². The maximum atomic E-state index is 11.3. The SMILES string of the molecule is CCOC(=O)C(=O)/C=C(/O)c1ncc(C)nc1C. The lowest BCUT2D eigenvalue weighted by molar-refractivity contribution is -0.151. The summed E-state index contributed by atoms with van der Waals surface area (Å²) in [5, 5.41) is 9.71. The Kier molecular flexibility index (Phi) is 4.53. The fraction of sp³-hybridized carbons (Fsp3) is 0.333. The van der Waals surface area contributed by atoms with Gasteiger partial charge in [-0.1, -0.05) is 0 Å². The van der Waals surface area contributed by atoms with Gasteiger partial charge in [-0.25, -0.2) is 9.78 Å². The van der Waals surface area contributed by atoms with Gasteiger partial charge in [0.1, 0.15) is 11.5 Å². The monoisotopic (exact) mass is 250 g/mol. The number of hydrogen-bond acceptors (Lipinski definition) is 6. The number of carbonyl (C=O) groups excluding carboxylic acids is 2. The number of esters is 1. The fourth-order valence-electron chi connectivity index (χ4n) is 1.30. The molecule has 0 amide bonds. The molecule has 6 nitrogen and oxygen atoms in total. The number of ketones is 1. The minimum atomic E-state index is -1.01. The quantitative estimate of drug-likeness (QED) is 0.373. The molecule has 1 aromatic heterocycles. The number of aromatic nitrogens is 2. The van der Waals surface area contributed by atoms with E-state index in [-0.39, 0.29) is 12.3 Å². The van der Waals surface area contributed by atoms with E-state index in [1.54, 1.807) is 20.8 Å². The van der Waals surface area contributed by atoms with E-state index in [9.17, 15) is 14.7 Å². The number of aliphatic hydroxyl groups is 1. The summed E-state index contributed by atoms with van der Waals surface area (Å²) in [5.74, 6) is -2.35. The average Bonchev–Trinajstić information content (AvgIpc) is 2.28. The summed E-state index contributed by atoms with van der Waals surface area (Å²) < 4.78 is 4.51. The van der Waals surface area contributed by atoms with E-state index in [1.165, 1.54) is 6.20 Å². The number of ether oxygens (including phenoxy) is 1. The zero-order valence-corrected chi connectivity index (χ0v) is 10.4. The van der Waals surface area contributed by atoms with E-state index in [0.29, 0.717) is 11.4 Å². The van der Waals surface area contributed by atoms with Crippen LogP contribution in [0.15, 0.2) is 12.3 Å². The molecular weight excluding hydrogens is 236 g/mol. The lowest BCUT2D eigenvalue weighted by Gasteiger charge is -2.03. The Morgan fingerprint density at radius 1 is 1.44 bits per heavy atom. The van der Waals surface area contributed by atoms with Crippen molar-refractivity contribution in [3.05, 3.63) is 29.4 Å². The van der Waals surface area contributed by atoms with Crippen LogP contribution in [0.2, 0.25) is 0 Å². The van der Waals surface area contributed by atoms with Gasteiger partial charge in [0.15, 0.2) is 0 Å². The molecule has 0 spiro atoms. The number of nitrogens with zero attached hydrogens (tertiary/aromatic N) is 2. The molecule has 1 heterocycles. The Bertz CT molecular complexity index is 509. The van der Waals surface area contributed by atoms with E-state index in [0.717, 1.165) is 6.08 Å². The summed E-state index contributed by atoms with van der Waals surface area (Å²) in [4.78, 5) is 30.5. The Hall–Kier alpha value is -2.24. The molecule has 0 saturated carbocycles. The third-order valence-corrected chi connectivity index (χ3v) is 2.05. The molecule has 0 aromatic carbocycles. The Labute approximate surface area is 104 Å². The lowest BCUT2D eigenvalue weighted by Crippen LogP contribution is -2.15. The molecular formula is C12H14N2O4. The fourth-order valence-corrected chi connectivity index (χ4v) is 1.30. The molecule has 0 atom stereocenters. The summed E-state index contributed by atoms with van der Waals surface area (Å²) in [6.45, 7) is 5.09. The van der Waals surface area contributed by atoms with Gasteiger partial charge in [-0.05, 0) is 20.8 Å². The van der Waals surface area contributed by atoms with E-state index in [4.69, 9.17) is 0 Å². The maximum absolute atomic E-state index is 11.3. The van der Waals surface area contributed by atoms with Gasteiger partial charge in [-0.2, -0.15) is 0 Å². The van der Waals surface area contributed by atoms with Crippen LogP contribution >= 0.6 is 0 Å². The second kappa shape index (κ2) is 5.90. The molecule has 1 N–H and O–H groups in total. The number of aryl methyl sites for hydroxylation is 2. The van der Waals surface area contributed by atoms with Crippen LogP contribution in [0, 0.1) is 13.8 Å². The van der Waals surface area contributed by atoms with Gasteiger partial charge in [0, 0.05) is 12.3 Å². The highest BCUT2D eigenvalue weighted by molar-refractivity contribution is 6.39. The third kappa shape index (κ3) is 3.38. The third-order valence-electron chi connectivity index (χ3n) is 2.05. The molecule has 6 heteroatoms. The molecule has 0 aliphatic carbocycles. The van der Waals surface area contributed by atoms with Crippen LogP contribution in [0.25, 0.3) is 5.76 Å². The van der Waals surface area contributed by atoms with Gasteiger partial charge in [0.2, 0.25) is 0 Å². The summed E-state index contributed by atoms with van der Waals surface area (Å²) in [6.07, 6.45) is 2.24. The molecule has 0 radical (unpaired) electrons. The molecule has 18 heavy (non-hydrogen) atoms. The number of hydrogen-bond donors (Lipinski definition) is 1. The van der Waals surface area contributed by atoms with Gasteiger partial charge in [0.05, 0.1) is 18.0 Å². The first kappa shape index (κ1) is 13.8. The van der Waals surface area contributed by atoms with E-state index in [1.807, 2.05) is 0 Å². The van der Waals surface area contributed by atoms with Crippen molar-refractivity contribution in [2.24, 2.45) is 0 Å². The average molecular weight is 250 g/mol. The normalized spacial score (nSPS) is 11.2.